The van der Waals surface area contributed by atoms with Gasteiger partial charge < -0.3 is 10.6 Å². The fraction of sp³-hybridized carbons (Fsp3) is 0.440. The third kappa shape index (κ3) is 6.42. The monoisotopic (exact) mass is 471 g/mol. The third-order valence-electron chi connectivity index (χ3n) is 5.76. The Kier molecular flexibility index (Phi) is 7.59. The average molecular weight is 472 g/mol. The summed E-state index contributed by atoms with van der Waals surface area (Å²) in [5, 5.41) is 5.65. The number of hydrogen-bond acceptors (Lipinski definition) is 4. The zero-order chi connectivity index (χ0) is 24.2. The maximum absolute atomic E-state index is 13.1. The molecule has 0 heterocycles. The van der Waals surface area contributed by atoms with Gasteiger partial charge in [-0.25, -0.2) is 8.42 Å². The molecule has 0 unspecified atom stereocenters. The van der Waals surface area contributed by atoms with Crippen molar-refractivity contribution < 1.29 is 18.0 Å². The van der Waals surface area contributed by atoms with Crippen molar-refractivity contribution in [2.75, 3.05) is 12.4 Å². The van der Waals surface area contributed by atoms with Crippen molar-refractivity contribution in [2.45, 2.75) is 69.4 Å². The van der Waals surface area contributed by atoms with E-state index in [1.54, 1.807) is 43.4 Å². The normalized spacial score (nSPS) is 15.3. The molecule has 178 valence electrons. The van der Waals surface area contributed by atoms with Gasteiger partial charge in [0.2, 0.25) is 10.0 Å². The lowest BCUT2D eigenvalue weighted by atomic mass is 9.96. The fourth-order valence-electron chi connectivity index (χ4n) is 3.93. The smallest absolute Gasteiger partial charge is 0.255 e. The molecule has 1 saturated carbocycles. The van der Waals surface area contributed by atoms with Gasteiger partial charge in [-0.05, 0) is 76.1 Å². The first-order valence-corrected chi connectivity index (χ1v) is 12.7. The highest BCUT2D eigenvalue weighted by atomic mass is 32.2. The molecular weight excluding hydrogens is 438 g/mol. The van der Waals surface area contributed by atoms with Gasteiger partial charge in [0.05, 0.1) is 4.90 Å². The zero-order valence-corrected chi connectivity index (χ0v) is 20.5. The van der Waals surface area contributed by atoms with Gasteiger partial charge >= 0.3 is 0 Å². The molecule has 8 heteroatoms. The van der Waals surface area contributed by atoms with Crippen LogP contribution in [0.3, 0.4) is 0 Å². The lowest BCUT2D eigenvalue weighted by molar-refractivity contribution is 0.0919. The van der Waals surface area contributed by atoms with Crippen LogP contribution in [0.1, 0.15) is 73.6 Å². The average Bonchev–Trinajstić information content (AvgIpc) is 2.78. The van der Waals surface area contributed by atoms with Crippen LogP contribution in [0.5, 0.6) is 0 Å². The van der Waals surface area contributed by atoms with Crippen LogP contribution < -0.4 is 10.6 Å². The highest BCUT2D eigenvalue weighted by Gasteiger charge is 2.29. The van der Waals surface area contributed by atoms with Crippen molar-refractivity contribution in [2.24, 2.45) is 0 Å². The summed E-state index contributed by atoms with van der Waals surface area (Å²) in [5.41, 5.74) is 0.907. The molecule has 2 aromatic carbocycles. The lowest BCUT2D eigenvalue weighted by Gasteiger charge is -2.30. The summed E-state index contributed by atoms with van der Waals surface area (Å²) in [6.07, 6.45) is 4.93. The van der Waals surface area contributed by atoms with Crippen molar-refractivity contribution in [3.63, 3.8) is 0 Å². The minimum atomic E-state index is -3.69. The van der Waals surface area contributed by atoms with Gasteiger partial charge in [0.1, 0.15) is 0 Å². The van der Waals surface area contributed by atoms with Crippen molar-refractivity contribution in [1.29, 1.82) is 0 Å². The number of benzene rings is 2. The summed E-state index contributed by atoms with van der Waals surface area (Å²) in [6, 6.07) is 12.7. The van der Waals surface area contributed by atoms with Crippen LogP contribution in [0.25, 0.3) is 0 Å². The van der Waals surface area contributed by atoms with Crippen LogP contribution in [-0.4, -0.2) is 43.2 Å². The Morgan fingerprint density at radius 2 is 1.55 bits per heavy atom. The van der Waals surface area contributed by atoms with Crippen LogP contribution in [0.15, 0.2) is 53.4 Å². The Balaban J connectivity index is 1.71. The van der Waals surface area contributed by atoms with Crippen molar-refractivity contribution in [3.8, 4) is 0 Å². The topological polar surface area (TPSA) is 95.6 Å². The molecule has 2 amide bonds. The first-order chi connectivity index (χ1) is 15.5. The molecule has 1 aliphatic rings. The number of amides is 2. The molecule has 2 aromatic rings. The van der Waals surface area contributed by atoms with Crippen LogP contribution in [0, 0.1) is 0 Å². The summed E-state index contributed by atoms with van der Waals surface area (Å²) >= 11 is 0. The highest BCUT2D eigenvalue weighted by Crippen LogP contribution is 2.27. The van der Waals surface area contributed by atoms with Gasteiger partial charge in [0.15, 0.2) is 0 Å². The number of nitrogens with zero attached hydrogens (tertiary/aromatic N) is 1. The van der Waals surface area contributed by atoms with E-state index in [0.717, 1.165) is 32.1 Å². The Hall–Kier alpha value is -2.71. The van der Waals surface area contributed by atoms with Gasteiger partial charge in [0.25, 0.3) is 11.8 Å². The second-order valence-electron chi connectivity index (χ2n) is 9.58. The first-order valence-electron chi connectivity index (χ1n) is 11.3. The molecule has 1 fully saturated rings. The molecule has 0 spiro atoms. The number of sulfonamides is 1. The largest absolute Gasteiger partial charge is 0.347 e. The molecular formula is C25H33N3O4S. The van der Waals surface area contributed by atoms with E-state index in [4.69, 9.17) is 0 Å². The first kappa shape index (κ1) is 24.9. The number of anilines is 1. The van der Waals surface area contributed by atoms with Gasteiger partial charge in [-0.3, -0.25) is 9.59 Å². The van der Waals surface area contributed by atoms with E-state index in [1.807, 2.05) is 20.8 Å². The maximum atomic E-state index is 13.1. The lowest BCUT2D eigenvalue weighted by Crippen LogP contribution is -2.40. The Bertz CT molecular complexity index is 1100. The highest BCUT2D eigenvalue weighted by molar-refractivity contribution is 7.89. The second kappa shape index (κ2) is 10.1. The molecule has 3 rings (SSSR count). The van der Waals surface area contributed by atoms with Crippen LogP contribution in [0.4, 0.5) is 5.69 Å². The molecule has 0 saturated heterocycles. The number of hydrogen-bond donors (Lipinski definition) is 2. The number of rotatable bonds is 6. The summed E-state index contributed by atoms with van der Waals surface area (Å²) in [4.78, 5) is 25.1. The molecule has 1 aliphatic carbocycles. The van der Waals surface area contributed by atoms with Crippen molar-refractivity contribution in [3.05, 3.63) is 59.7 Å². The van der Waals surface area contributed by atoms with E-state index < -0.39 is 15.9 Å². The second-order valence-corrected chi connectivity index (χ2v) is 11.6. The summed E-state index contributed by atoms with van der Waals surface area (Å²) < 4.78 is 27.7. The molecule has 0 bridgehead atoms. The molecule has 0 aliphatic heterocycles. The predicted molar refractivity (Wildman–Crippen MR) is 130 cm³/mol. The van der Waals surface area contributed by atoms with E-state index in [0.29, 0.717) is 11.3 Å². The van der Waals surface area contributed by atoms with E-state index in [2.05, 4.69) is 10.6 Å². The Labute approximate surface area is 196 Å². The summed E-state index contributed by atoms with van der Waals surface area (Å²) in [7, 11) is -2.07. The van der Waals surface area contributed by atoms with E-state index >= 15 is 0 Å². The molecule has 7 nitrogen and oxygen atoms in total. The molecule has 0 radical (unpaired) electrons. The third-order valence-corrected chi connectivity index (χ3v) is 7.66. The number of carbonyl (C=O) groups excluding carboxylic acids is 2. The van der Waals surface area contributed by atoms with Gasteiger partial charge in [-0.1, -0.05) is 25.3 Å². The number of nitrogens with one attached hydrogen (secondary N) is 2. The SMILES string of the molecule is CN(C1CCCCC1)S(=O)(=O)c1cccc(C(=O)Nc2ccc(C(=O)NC(C)(C)C)cc2)c1. The van der Waals surface area contributed by atoms with Gasteiger partial charge in [0, 0.05) is 35.4 Å². The van der Waals surface area contributed by atoms with E-state index in [-0.39, 0.29) is 27.9 Å². The predicted octanol–water partition coefficient (Wildman–Crippen LogP) is 4.42. The number of carbonyl (C=O) groups is 2. The van der Waals surface area contributed by atoms with E-state index in [9.17, 15) is 18.0 Å². The molecule has 0 aromatic heterocycles. The fourth-order valence-corrected chi connectivity index (χ4v) is 5.39. The Morgan fingerprint density at radius 3 is 2.15 bits per heavy atom. The molecule has 2 N–H and O–H groups in total. The molecule has 0 atom stereocenters. The van der Waals surface area contributed by atoms with Crippen LogP contribution in [0.2, 0.25) is 0 Å². The zero-order valence-electron chi connectivity index (χ0n) is 19.7. The van der Waals surface area contributed by atoms with Gasteiger partial charge in [-0.2, -0.15) is 4.31 Å². The minimum Gasteiger partial charge on any atom is -0.347 e. The van der Waals surface area contributed by atoms with Crippen molar-refractivity contribution in [1.82, 2.24) is 9.62 Å². The van der Waals surface area contributed by atoms with Crippen molar-refractivity contribution >= 4 is 27.5 Å². The maximum Gasteiger partial charge on any atom is 0.255 e. The molecule has 33 heavy (non-hydrogen) atoms. The van der Waals surface area contributed by atoms with Crippen LogP contribution in [-0.2, 0) is 10.0 Å². The quantitative estimate of drug-likeness (QED) is 0.652. The standard InChI is InChI=1S/C25H33N3O4S/c1-25(2,3)27-24(30)18-13-15-20(16-14-18)26-23(29)19-9-8-12-22(17-19)33(31,32)28(4)21-10-6-5-7-11-21/h8-9,12-17,21H,5-7,10-11H2,1-4H3,(H,26,29)(H,27,30). The van der Waals surface area contributed by atoms with Gasteiger partial charge in [-0.15, -0.1) is 0 Å². The van der Waals surface area contributed by atoms with Crippen LogP contribution >= 0.6 is 0 Å². The summed E-state index contributed by atoms with van der Waals surface area (Å²) in [6.45, 7) is 5.71. The summed E-state index contributed by atoms with van der Waals surface area (Å²) in [5.74, 6) is -0.611. The minimum absolute atomic E-state index is 0.00442. The Morgan fingerprint density at radius 1 is 0.909 bits per heavy atom. The van der Waals surface area contributed by atoms with E-state index in [1.165, 1.54) is 16.4 Å².